The highest BCUT2D eigenvalue weighted by atomic mass is 15.2. The van der Waals surface area contributed by atoms with Crippen LogP contribution < -0.4 is 5.32 Å². The average molecular weight is 237 g/mol. The lowest BCUT2D eigenvalue weighted by Crippen LogP contribution is -2.32. The average Bonchev–Trinajstić information content (AvgIpc) is 2.43. The fourth-order valence-corrected chi connectivity index (χ4v) is 1.60. The Morgan fingerprint density at radius 1 is 1.29 bits per heavy atom. The summed E-state index contributed by atoms with van der Waals surface area (Å²) in [7, 11) is 0. The molecule has 0 saturated heterocycles. The third kappa shape index (κ3) is 4.06. The van der Waals surface area contributed by atoms with Crippen molar-refractivity contribution < 1.29 is 0 Å². The SMILES string of the molecule is Cc1cn(CC(C)C)c(NC(C)C(C)(C)C)n1. The smallest absolute Gasteiger partial charge is 0.203 e. The third-order valence-corrected chi connectivity index (χ3v) is 3.10. The van der Waals surface area contributed by atoms with Crippen LogP contribution >= 0.6 is 0 Å². The van der Waals surface area contributed by atoms with E-state index in [1.807, 2.05) is 6.92 Å². The van der Waals surface area contributed by atoms with Gasteiger partial charge in [0, 0.05) is 18.8 Å². The zero-order valence-electron chi connectivity index (χ0n) is 12.3. The molecule has 3 nitrogen and oxygen atoms in total. The molecule has 1 unspecified atom stereocenters. The maximum absolute atomic E-state index is 4.57. The third-order valence-electron chi connectivity index (χ3n) is 3.10. The van der Waals surface area contributed by atoms with E-state index in [9.17, 15) is 0 Å². The van der Waals surface area contributed by atoms with Crippen molar-refractivity contribution in [1.82, 2.24) is 9.55 Å². The van der Waals surface area contributed by atoms with Gasteiger partial charge >= 0.3 is 0 Å². The molecule has 17 heavy (non-hydrogen) atoms. The van der Waals surface area contributed by atoms with Gasteiger partial charge in [-0.2, -0.15) is 0 Å². The zero-order valence-corrected chi connectivity index (χ0v) is 12.3. The predicted octanol–water partition coefficient (Wildman–Crippen LogP) is 3.69. The molecule has 0 amide bonds. The van der Waals surface area contributed by atoms with E-state index >= 15 is 0 Å². The number of nitrogens with zero attached hydrogens (tertiary/aromatic N) is 2. The highest BCUT2D eigenvalue weighted by Gasteiger charge is 2.21. The van der Waals surface area contributed by atoms with Crippen LogP contribution in [-0.4, -0.2) is 15.6 Å². The first-order valence-corrected chi connectivity index (χ1v) is 6.50. The minimum atomic E-state index is 0.239. The van der Waals surface area contributed by atoms with Crippen LogP contribution in [-0.2, 0) is 6.54 Å². The van der Waals surface area contributed by atoms with Gasteiger partial charge in [-0.1, -0.05) is 34.6 Å². The van der Waals surface area contributed by atoms with Crippen LogP contribution in [0.4, 0.5) is 5.95 Å². The van der Waals surface area contributed by atoms with Crippen LogP contribution in [0.1, 0.15) is 47.2 Å². The maximum Gasteiger partial charge on any atom is 0.203 e. The summed E-state index contributed by atoms with van der Waals surface area (Å²) < 4.78 is 2.22. The van der Waals surface area contributed by atoms with Gasteiger partial charge in [0.05, 0.1) is 5.69 Å². The first kappa shape index (κ1) is 14.1. The Hall–Kier alpha value is -0.990. The fraction of sp³-hybridized carbons (Fsp3) is 0.786. The Morgan fingerprint density at radius 3 is 2.35 bits per heavy atom. The van der Waals surface area contributed by atoms with Gasteiger partial charge in [-0.25, -0.2) is 4.98 Å². The lowest BCUT2D eigenvalue weighted by molar-refractivity contribution is 0.356. The van der Waals surface area contributed by atoms with Crippen LogP contribution in [0.15, 0.2) is 6.20 Å². The molecule has 1 rings (SSSR count). The summed E-state index contributed by atoms with van der Waals surface area (Å²) in [4.78, 5) is 4.57. The molecule has 0 bridgehead atoms. The maximum atomic E-state index is 4.57. The monoisotopic (exact) mass is 237 g/mol. The minimum Gasteiger partial charge on any atom is -0.353 e. The summed E-state index contributed by atoms with van der Waals surface area (Å²) in [5.74, 6) is 1.63. The molecule has 0 spiro atoms. The molecule has 0 radical (unpaired) electrons. The van der Waals surface area contributed by atoms with E-state index in [1.54, 1.807) is 0 Å². The van der Waals surface area contributed by atoms with E-state index < -0.39 is 0 Å². The van der Waals surface area contributed by atoms with Crippen molar-refractivity contribution in [3.05, 3.63) is 11.9 Å². The lowest BCUT2D eigenvalue weighted by Gasteiger charge is -2.28. The summed E-state index contributed by atoms with van der Waals surface area (Å²) in [6, 6.07) is 0.398. The number of aromatic nitrogens is 2. The van der Waals surface area contributed by atoms with E-state index in [1.165, 1.54) is 0 Å². The second kappa shape index (κ2) is 5.11. The Kier molecular flexibility index (Phi) is 4.23. The molecule has 0 fully saturated rings. The van der Waals surface area contributed by atoms with Crippen LogP contribution in [0.5, 0.6) is 0 Å². The van der Waals surface area contributed by atoms with Gasteiger partial charge in [0.15, 0.2) is 0 Å². The molecule has 98 valence electrons. The van der Waals surface area contributed by atoms with Crippen molar-refractivity contribution in [2.45, 2.75) is 61.1 Å². The summed E-state index contributed by atoms with van der Waals surface area (Å²) in [5, 5.41) is 3.53. The number of aryl methyl sites for hydroxylation is 1. The second-order valence-electron chi connectivity index (χ2n) is 6.48. The Bertz CT molecular complexity index is 358. The minimum absolute atomic E-state index is 0.239. The first-order valence-electron chi connectivity index (χ1n) is 6.50. The van der Waals surface area contributed by atoms with E-state index in [-0.39, 0.29) is 5.41 Å². The number of rotatable bonds is 4. The summed E-state index contributed by atoms with van der Waals surface area (Å²) in [5.41, 5.74) is 1.32. The van der Waals surface area contributed by atoms with E-state index in [4.69, 9.17) is 0 Å². The van der Waals surface area contributed by atoms with Crippen LogP contribution in [0.2, 0.25) is 0 Å². The quantitative estimate of drug-likeness (QED) is 0.865. The number of imidazole rings is 1. The fourth-order valence-electron chi connectivity index (χ4n) is 1.60. The van der Waals surface area contributed by atoms with Crippen molar-refractivity contribution in [2.24, 2.45) is 11.3 Å². The summed E-state index contributed by atoms with van der Waals surface area (Å²) >= 11 is 0. The second-order valence-corrected chi connectivity index (χ2v) is 6.48. The van der Waals surface area contributed by atoms with E-state index in [2.05, 4.69) is 62.6 Å². The highest BCUT2D eigenvalue weighted by Crippen LogP contribution is 2.23. The highest BCUT2D eigenvalue weighted by molar-refractivity contribution is 5.30. The lowest BCUT2D eigenvalue weighted by atomic mass is 9.88. The summed E-state index contributed by atoms with van der Waals surface area (Å²) in [6.45, 7) is 16.5. The predicted molar refractivity (Wildman–Crippen MR) is 74.3 cm³/mol. The topological polar surface area (TPSA) is 29.9 Å². The van der Waals surface area contributed by atoms with Gasteiger partial charge in [-0.3, -0.25) is 0 Å². The van der Waals surface area contributed by atoms with Gasteiger partial charge in [-0.05, 0) is 25.2 Å². The van der Waals surface area contributed by atoms with E-state index in [0.717, 1.165) is 18.2 Å². The number of hydrogen-bond donors (Lipinski definition) is 1. The molecule has 1 aromatic rings. The van der Waals surface area contributed by atoms with Crippen LogP contribution in [0, 0.1) is 18.3 Å². The number of nitrogens with one attached hydrogen (secondary N) is 1. The molecule has 0 saturated carbocycles. The standard InChI is InChI=1S/C14H27N3/c1-10(2)8-17-9-11(3)15-13(17)16-12(4)14(5,6)7/h9-10,12H,8H2,1-7H3,(H,15,16). The normalized spacial score (nSPS) is 14.1. The van der Waals surface area contributed by atoms with Crippen LogP contribution in [0.3, 0.4) is 0 Å². The molecule has 1 atom stereocenters. The molecular weight excluding hydrogens is 210 g/mol. The Labute approximate surface area is 106 Å². The Balaban J connectivity index is 2.83. The van der Waals surface area contributed by atoms with Gasteiger partial charge < -0.3 is 9.88 Å². The van der Waals surface area contributed by atoms with Crippen molar-refractivity contribution in [1.29, 1.82) is 0 Å². The van der Waals surface area contributed by atoms with Gasteiger partial charge in [-0.15, -0.1) is 0 Å². The van der Waals surface area contributed by atoms with Crippen molar-refractivity contribution in [2.75, 3.05) is 5.32 Å². The first-order chi connectivity index (χ1) is 7.70. The molecule has 1 heterocycles. The Morgan fingerprint density at radius 2 is 1.88 bits per heavy atom. The molecule has 0 aliphatic carbocycles. The van der Waals surface area contributed by atoms with Gasteiger partial charge in [0.2, 0.25) is 5.95 Å². The molecule has 0 aliphatic rings. The zero-order chi connectivity index (χ0) is 13.2. The molecule has 3 heteroatoms. The largest absolute Gasteiger partial charge is 0.353 e. The van der Waals surface area contributed by atoms with Crippen LogP contribution in [0.25, 0.3) is 0 Å². The van der Waals surface area contributed by atoms with Crippen molar-refractivity contribution >= 4 is 5.95 Å². The molecule has 0 aromatic carbocycles. The van der Waals surface area contributed by atoms with E-state index in [0.29, 0.717) is 12.0 Å². The van der Waals surface area contributed by atoms with Crippen molar-refractivity contribution in [3.63, 3.8) is 0 Å². The number of hydrogen-bond acceptors (Lipinski definition) is 2. The molecular formula is C14H27N3. The summed E-state index contributed by atoms with van der Waals surface area (Å²) in [6.07, 6.45) is 2.12. The van der Waals surface area contributed by atoms with Gasteiger partial charge in [0.1, 0.15) is 0 Å². The molecule has 0 aliphatic heterocycles. The number of anilines is 1. The molecule has 1 N–H and O–H groups in total. The van der Waals surface area contributed by atoms with Crippen molar-refractivity contribution in [3.8, 4) is 0 Å². The molecule has 1 aromatic heterocycles. The van der Waals surface area contributed by atoms with Gasteiger partial charge in [0.25, 0.3) is 0 Å².